The SMILES string of the molecule is CNn1cc(C(=O)O)c(=O)c2cc3cc(F)c(N4CC(NC5CC5)C4)c(F)c3nc21. The Labute approximate surface area is 169 Å². The largest absolute Gasteiger partial charge is 0.477 e. The lowest BCUT2D eigenvalue weighted by atomic mass is 10.0. The fourth-order valence-corrected chi connectivity index (χ4v) is 3.93. The van der Waals surface area contributed by atoms with Gasteiger partial charge in [0.15, 0.2) is 11.5 Å². The molecule has 2 aliphatic rings. The van der Waals surface area contributed by atoms with Gasteiger partial charge < -0.3 is 20.7 Å². The second-order valence-electron chi connectivity index (χ2n) is 7.77. The van der Waals surface area contributed by atoms with Crippen molar-refractivity contribution in [3.8, 4) is 0 Å². The zero-order valence-corrected chi connectivity index (χ0v) is 16.1. The minimum absolute atomic E-state index is 0.0408. The van der Waals surface area contributed by atoms with Gasteiger partial charge in [-0.2, -0.15) is 0 Å². The third-order valence-corrected chi connectivity index (χ3v) is 5.65. The van der Waals surface area contributed by atoms with Gasteiger partial charge in [-0.05, 0) is 25.0 Å². The number of pyridine rings is 2. The Morgan fingerprint density at radius 1 is 1.23 bits per heavy atom. The standard InChI is InChI=1S/C20H19F2N5O3/c1-23-27-8-13(20(29)30)18(28)12-4-9-5-14(21)17(15(22)16(9)25-19(12)27)26-6-11(7-26)24-10-2-3-10/h4-5,8,10-11,23-24H,2-3,6-7H2,1H3,(H,29,30). The minimum Gasteiger partial charge on any atom is -0.477 e. The molecule has 5 rings (SSSR count). The molecule has 0 amide bonds. The molecular weight excluding hydrogens is 396 g/mol. The van der Waals surface area contributed by atoms with Crippen molar-refractivity contribution in [1.82, 2.24) is 15.0 Å². The van der Waals surface area contributed by atoms with Crippen molar-refractivity contribution >= 4 is 33.6 Å². The molecule has 3 heterocycles. The van der Waals surface area contributed by atoms with Gasteiger partial charge in [-0.25, -0.2) is 23.2 Å². The summed E-state index contributed by atoms with van der Waals surface area (Å²) in [6, 6.07) is 3.15. The maximum Gasteiger partial charge on any atom is 0.341 e. The van der Waals surface area contributed by atoms with Crippen LogP contribution in [0.2, 0.25) is 0 Å². The summed E-state index contributed by atoms with van der Waals surface area (Å²) in [6.45, 7) is 1.01. The lowest BCUT2D eigenvalue weighted by Gasteiger charge is -2.41. The fraction of sp³-hybridized carbons (Fsp3) is 0.350. The molecule has 0 unspecified atom stereocenters. The first-order valence-corrected chi connectivity index (χ1v) is 9.67. The summed E-state index contributed by atoms with van der Waals surface area (Å²) in [5, 5.41) is 12.7. The van der Waals surface area contributed by atoms with Gasteiger partial charge in [0, 0.05) is 43.8 Å². The number of benzene rings is 1. The molecule has 0 spiro atoms. The van der Waals surface area contributed by atoms with Crippen molar-refractivity contribution in [3.05, 3.63) is 45.8 Å². The van der Waals surface area contributed by atoms with Gasteiger partial charge in [-0.3, -0.25) is 4.79 Å². The summed E-state index contributed by atoms with van der Waals surface area (Å²) >= 11 is 0. The maximum absolute atomic E-state index is 15.3. The molecule has 1 aliphatic heterocycles. The lowest BCUT2D eigenvalue weighted by molar-refractivity contribution is 0.0695. The van der Waals surface area contributed by atoms with Crippen LogP contribution < -0.4 is 21.1 Å². The molecule has 0 radical (unpaired) electrons. The zero-order valence-electron chi connectivity index (χ0n) is 16.1. The van der Waals surface area contributed by atoms with Crippen LogP contribution in [0.25, 0.3) is 21.9 Å². The number of fused-ring (bicyclic) bond motifs is 2. The highest BCUT2D eigenvalue weighted by atomic mass is 19.1. The van der Waals surface area contributed by atoms with Crippen LogP contribution >= 0.6 is 0 Å². The number of hydrogen-bond donors (Lipinski definition) is 3. The van der Waals surface area contributed by atoms with E-state index in [-0.39, 0.29) is 33.7 Å². The Hall–Kier alpha value is -3.27. The van der Waals surface area contributed by atoms with E-state index in [0.717, 1.165) is 25.1 Å². The van der Waals surface area contributed by atoms with Crippen LogP contribution in [0, 0.1) is 11.6 Å². The summed E-state index contributed by atoms with van der Waals surface area (Å²) < 4.78 is 31.3. The molecule has 1 aromatic carbocycles. The number of anilines is 1. The van der Waals surface area contributed by atoms with Crippen LogP contribution in [0.4, 0.5) is 14.5 Å². The number of nitrogens with one attached hydrogen (secondary N) is 2. The first-order chi connectivity index (χ1) is 14.4. The molecule has 30 heavy (non-hydrogen) atoms. The third-order valence-electron chi connectivity index (χ3n) is 5.65. The Balaban J connectivity index is 1.64. The van der Waals surface area contributed by atoms with Crippen LogP contribution in [0.15, 0.2) is 23.1 Å². The Morgan fingerprint density at radius 3 is 2.60 bits per heavy atom. The summed E-state index contributed by atoms with van der Waals surface area (Å²) in [7, 11) is 1.51. The van der Waals surface area contributed by atoms with Crippen molar-refractivity contribution < 1.29 is 18.7 Å². The molecule has 156 valence electrons. The quantitative estimate of drug-likeness (QED) is 0.545. The summed E-state index contributed by atoms with van der Waals surface area (Å²) in [5.74, 6) is -2.94. The molecule has 0 atom stereocenters. The van der Waals surface area contributed by atoms with Crippen molar-refractivity contribution in [2.24, 2.45) is 0 Å². The second kappa shape index (κ2) is 6.63. The number of halogens is 2. The van der Waals surface area contributed by atoms with Gasteiger partial charge >= 0.3 is 5.97 Å². The molecule has 2 aromatic heterocycles. The Morgan fingerprint density at radius 2 is 1.97 bits per heavy atom. The molecular formula is C20H19F2N5O3. The number of aromatic carboxylic acids is 1. The topological polar surface area (TPSA) is 99.5 Å². The number of carboxylic acid groups (broad SMARTS) is 1. The number of carboxylic acids is 1. The monoisotopic (exact) mass is 415 g/mol. The van der Waals surface area contributed by atoms with E-state index >= 15 is 4.39 Å². The van der Waals surface area contributed by atoms with Crippen LogP contribution in [0.1, 0.15) is 23.2 Å². The maximum atomic E-state index is 15.3. The van der Waals surface area contributed by atoms with Crippen molar-refractivity contribution in [1.29, 1.82) is 0 Å². The Bertz CT molecular complexity index is 1270. The second-order valence-corrected chi connectivity index (χ2v) is 7.77. The van der Waals surface area contributed by atoms with Crippen molar-refractivity contribution in [2.75, 3.05) is 30.5 Å². The predicted molar refractivity (Wildman–Crippen MR) is 108 cm³/mol. The number of aromatic nitrogens is 2. The number of hydrogen-bond acceptors (Lipinski definition) is 6. The van der Waals surface area contributed by atoms with Gasteiger partial charge in [0.1, 0.15) is 22.6 Å². The van der Waals surface area contributed by atoms with Crippen LogP contribution in [-0.2, 0) is 0 Å². The van der Waals surface area contributed by atoms with Crippen molar-refractivity contribution in [2.45, 2.75) is 24.9 Å². The van der Waals surface area contributed by atoms with E-state index in [9.17, 15) is 19.1 Å². The average molecular weight is 415 g/mol. The fourth-order valence-electron chi connectivity index (χ4n) is 3.93. The number of nitrogens with zero attached hydrogens (tertiary/aromatic N) is 3. The molecule has 3 aromatic rings. The smallest absolute Gasteiger partial charge is 0.341 e. The Kier molecular flexibility index (Phi) is 4.14. The summed E-state index contributed by atoms with van der Waals surface area (Å²) in [5.41, 5.74) is 1.33. The van der Waals surface area contributed by atoms with Gasteiger partial charge in [0.2, 0.25) is 5.43 Å². The van der Waals surface area contributed by atoms with E-state index in [1.54, 1.807) is 4.90 Å². The van der Waals surface area contributed by atoms with Crippen LogP contribution in [0.5, 0.6) is 0 Å². The van der Waals surface area contributed by atoms with Gasteiger partial charge in [0.25, 0.3) is 0 Å². The van der Waals surface area contributed by atoms with E-state index in [2.05, 4.69) is 15.7 Å². The van der Waals surface area contributed by atoms with E-state index in [0.29, 0.717) is 19.1 Å². The van der Waals surface area contributed by atoms with E-state index in [1.807, 2.05) is 0 Å². The summed E-state index contributed by atoms with van der Waals surface area (Å²) in [4.78, 5) is 29.8. The first kappa shape index (κ1) is 18.7. The predicted octanol–water partition coefficient (Wildman–Crippen LogP) is 1.64. The minimum atomic E-state index is -1.40. The molecule has 3 N–H and O–H groups in total. The summed E-state index contributed by atoms with van der Waals surface area (Å²) in [6.07, 6.45) is 3.38. The molecule has 1 aliphatic carbocycles. The molecule has 8 nitrogen and oxygen atoms in total. The van der Waals surface area contributed by atoms with Crippen molar-refractivity contribution in [3.63, 3.8) is 0 Å². The number of carbonyl (C=O) groups is 1. The lowest BCUT2D eigenvalue weighted by Crippen LogP contribution is -2.59. The highest BCUT2D eigenvalue weighted by molar-refractivity contribution is 5.97. The van der Waals surface area contributed by atoms with E-state index in [1.165, 1.54) is 17.8 Å². The molecule has 1 saturated carbocycles. The van der Waals surface area contributed by atoms with E-state index < -0.39 is 28.6 Å². The molecule has 1 saturated heterocycles. The van der Waals surface area contributed by atoms with Crippen LogP contribution in [0.3, 0.4) is 0 Å². The normalized spacial score (nSPS) is 16.8. The molecule has 0 bridgehead atoms. The first-order valence-electron chi connectivity index (χ1n) is 9.67. The third kappa shape index (κ3) is 2.86. The van der Waals surface area contributed by atoms with Crippen LogP contribution in [-0.4, -0.2) is 53.0 Å². The highest BCUT2D eigenvalue weighted by Crippen LogP contribution is 2.34. The van der Waals surface area contributed by atoms with Gasteiger partial charge in [-0.1, -0.05) is 0 Å². The van der Waals surface area contributed by atoms with E-state index in [4.69, 9.17) is 0 Å². The van der Waals surface area contributed by atoms with Gasteiger partial charge in [-0.15, -0.1) is 0 Å². The molecule has 2 fully saturated rings. The highest BCUT2D eigenvalue weighted by Gasteiger charge is 2.35. The number of rotatable bonds is 5. The average Bonchev–Trinajstić information content (AvgIpc) is 3.49. The molecule has 10 heteroatoms. The van der Waals surface area contributed by atoms with Gasteiger partial charge in [0.05, 0.1) is 5.39 Å². The zero-order chi connectivity index (χ0) is 21.2.